The lowest BCUT2D eigenvalue weighted by atomic mass is 10.1. The molecule has 0 spiro atoms. The highest BCUT2D eigenvalue weighted by Gasteiger charge is 2.22. The van der Waals surface area contributed by atoms with Gasteiger partial charge in [0.1, 0.15) is 5.75 Å². The molecular formula is C20H35IN4O3S. The van der Waals surface area contributed by atoms with Crippen molar-refractivity contribution < 1.29 is 13.2 Å². The number of halogens is 1. The molecule has 9 heteroatoms. The van der Waals surface area contributed by atoms with Crippen LogP contribution in [0.1, 0.15) is 37.3 Å². The van der Waals surface area contributed by atoms with Crippen molar-refractivity contribution in [3.63, 3.8) is 0 Å². The summed E-state index contributed by atoms with van der Waals surface area (Å²) < 4.78 is 30.7. The van der Waals surface area contributed by atoms with E-state index in [-0.39, 0.29) is 24.0 Å². The molecule has 0 heterocycles. The van der Waals surface area contributed by atoms with E-state index >= 15 is 0 Å². The first-order valence-electron chi connectivity index (χ1n) is 9.95. The third-order valence-electron chi connectivity index (χ3n) is 4.76. The zero-order valence-electron chi connectivity index (χ0n) is 17.9. The summed E-state index contributed by atoms with van der Waals surface area (Å²) in [4.78, 5) is 4.24. The predicted octanol–water partition coefficient (Wildman–Crippen LogP) is 2.74. The van der Waals surface area contributed by atoms with Gasteiger partial charge < -0.3 is 15.4 Å². The summed E-state index contributed by atoms with van der Waals surface area (Å²) in [5.41, 5.74) is 2.28. The highest BCUT2D eigenvalue weighted by molar-refractivity contribution is 14.0. The molecule has 0 aliphatic heterocycles. The quantitative estimate of drug-likeness (QED) is 0.196. The van der Waals surface area contributed by atoms with Gasteiger partial charge in [-0.25, -0.2) is 12.7 Å². The van der Waals surface area contributed by atoms with Crippen LogP contribution in [0.25, 0.3) is 0 Å². The highest BCUT2D eigenvalue weighted by atomic mass is 127. The van der Waals surface area contributed by atoms with Crippen LogP contribution in [0.15, 0.2) is 23.2 Å². The number of benzene rings is 1. The van der Waals surface area contributed by atoms with E-state index in [1.807, 2.05) is 6.92 Å². The molecular weight excluding hydrogens is 503 g/mol. The predicted molar refractivity (Wildman–Crippen MR) is 130 cm³/mol. The normalized spacial score (nSPS) is 14.4. The average Bonchev–Trinajstić information content (AvgIpc) is 3.46. The minimum Gasteiger partial charge on any atom is -0.493 e. The van der Waals surface area contributed by atoms with Gasteiger partial charge in [-0.2, -0.15) is 0 Å². The summed E-state index contributed by atoms with van der Waals surface area (Å²) in [6, 6.07) is 6.25. The Balaban J connectivity index is 0.00000420. The van der Waals surface area contributed by atoms with Crippen LogP contribution in [-0.4, -0.2) is 58.2 Å². The fourth-order valence-electron chi connectivity index (χ4n) is 2.85. The van der Waals surface area contributed by atoms with Crippen molar-refractivity contribution in [1.29, 1.82) is 0 Å². The van der Waals surface area contributed by atoms with Gasteiger partial charge in [0.05, 0.1) is 12.9 Å². The molecule has 166 valence electrons. The molecule has 1 aliphatic rings. The molecule has 2 rings (SSSR count). The Bertz CT molecular complexity index is 767. The second-order valence-corrected chi connectivity index (χ2v) is 9.31. The molecule has 0 saturated heterocycles. The molecule has 0 bridgehead atoms. The van der Waals surface area contributed by atoms with Gasteiger partial charge in [0, 0.05) is 38.8 Å². The van der Waals surface area contributed by atoms with E-state index in [0.717, 1.165) is 17.9 Å². The van der Waals surface area contributed by atoms with Crippen LogP contribution in [0, 0.1) is 12.8 Å². The van der Waals surface area contributed by atoms with Gasteiger partial charge in [-0.3, -0.25) is 4.99 Å². The Morgan fingerprint density at radius 1 is 1.31 bits per heavy atom. The number of sulfonamides is 1. The number of hydrogen-bond acceptors (Lipinski definition) is 4. The second kappa shape index (κ2) is 12.6. The molecule has 1 aromatic rings. The number of rotatable bonds is 11. The van der Waals surface area contributed by atoms with Crippen LogP contribution < -0.4 is 15.4 Å². The second-order valence-electron chi connectivity index (χ2n) is 7.33. The van der Waals surface area contributed by atoms with Crippen molar-refractivity contribution in [2.45, 2.75) is 39.7 Å². The van der Waals surface area contributed by atoms with Crippen molar-refractivity contribution in [3.8, 4) is 5.75 Å². The van der Waals surface area contributed by atoms with Gasteiger partial charge >= 0.3 is 0 Å². The Kier molecular flexibility index (Phi) is 11.3. The zero-order chi connectivity index (χ0) is 20.6. The largest absolute Gasteiger partial charge is 0.493 e. The minimum atomic E-state index is -3.14. The number of hydrogen-bond donors (Lipinski definition) is 2. The number of ether oxygens (including phenoxy) is 1. The number of nitrogens with zero attached hydrogens (tertiary/aromatic N) is 2. The Hall–Kier alpha value is -1.07. The topological polar surface area (TPSA) is 83.0 Å². The lowest BCUT2D eigenvalue weighted by Gasteiger charge is -2.18. The third kappa shape index (κ3) is 9.52. The van der Waals surface area contributed by atoms with Crippen LogP contribution in [0.2, 0.25) is 0 Å². The first-order chi connectivity index (χ1) is 13.3. The number of nitrogens with one attached hydrogen (secondary N) is 2. The highest BCUT2D eigenvalue weighted by Crippen LogP contribution is 2.30. The maximum absolute atomic E-state index is 11.6. The van der Waals surface area contributed by atoms with Gasteiger partial charge in [-0.1, -0.05) is 19.1 Å². The SMILES string of the molecule is CCN(CCCNC(=NC)NCc1ccc(C)cc1OCC1CC1)S(C)(=O)=O.I. The molecule has 0 unspecified atom stereocenters. The van der Waals surface area contributed by atoms with Gasteiger partial charge in [-0.15, -0.1) is 24.0 Å². The Morgan fingerprint density at radius 3 is 2.62 bits per heavy atom. The van der Waals surface area contributed by atoms with Crippen molar-refractivity contribution in [3.05, 3.63) is 29.3 Å². The van der Waals surface area contributed by atoms with Gasteiger partial charge in [0.25, 0.3) is 0 Å². The Morgan fingerprint density at radius 2 is 2.03 bits per heavy atom. The number of aliphatic imine (C=N–C) groups is 1. The fraction of sp³-hybridized carbons (Fsp3) is 0.650. The lowest BCUT2D eigenvalue weighted by molar-refractivity contribution is 0.296. The first-order valence-corrected chi connectivity index (χ1v) is 11.8. The first kappa shape index (κ1) is 26.0. The molecule has 0 atom stereocenters. The Labute approximate surface area is 192 Å². The van der Waals surface area contributed by atoms with Gasteiger partial charge in [0.2, 0.25) is 10.0 Å². The molecule has 29 heavy (non-hydrogen) atoms. The average molecular weight is 538 g/mol. The molecule has 1 fully saturated rings. The monoisotopic (exact) mass is 538 g/mol. The van der Waals surface area contributed by atoms with E-state index in [9.17, 15) is 8.42 Å². The van der Waals surface area contributed by atoms with E-state index in [4.69, 9.17) is 4.74 Å². The van der Waals surface area contributed by atoms with Crippen molar-refractivity contribution in [2.24, 2.45) is 10.9 Å². The van der Waals surface area contributed by atoms with Gasteiger partial charge in [-0.05, 0) is 43.7 Å². The zero-order valence-corrected chi connectivity index (χ0v) is 21.0. The molecule has 1 aliphatic carbocycles. The lowest BCUT2D eigenvalue weighted by Crippen LogP contribution is -2.39. The van der Waals surface area contributed by atoms with Crippen molar-refractivity contribution in [1.82, 2.24) is 14.9 Å². The maximum atomic E-state index is 11.6. The number of aryl methyl sites for hydroxylation is 1. The van der Waals surface area contributed by atoms with Crippen LogP contribution >= 0.6 is 24.0 Å². The van der Waals surface area contributed by atoms with E-state index in [0.29, 0.717) is 44.5 Å². The van der Waals surface area contributed by atoms with E-state index in [1.165, 1.54) is 29.0 Å². The number of guanidine groups is 1. The third-order valence-corrected chi connectivity index (χ3v) is 6.14. The minimum absolute atomic E-state index is 0. The van der Waals surface area contributed by atoms with Crippen LogP contribution in [-0.2, 0) is 16.6 Å². The molecule has 0 radical (unpaired) electrons. The molecule has 2 N–H and O–H groups in total. The van der Waals surface area contributed by atoms with Crippen LogP contribution in [0.5, 0.6) is 5.75 Å². The van der Waals surface area contributed by atoms with E-state index in [1.54, 1.807) is 7.05 Å². The summed E-state index contributed by atoms with van der Waals surface area (Å²) in [7, 11) is -1.41. The summed E-state index contributed by atoms with van der Waals surface area (Å²) in [5, 5.41) is 6.55. The molecule has 1 saturated carbocycles. The smallest absolute Gasteiger partial charge is 0.211 e. The summed E-state index contributed by atoms with van der Waals surface area (Å²) in [5.74, 6) is 2.34. The standard InChI is InChI=1S/C20H34N4O3S.HI/c1-5-24(28(4,25)26)12-6-11-22-20(21-3)23-14-18-10-7-16(2)13-19(18)27-15-17-8-9-17;/h7,10,13,17H,5-6,8-9,11-12,14-15H2,1-4H3,(H2,21,22,23);1H. The van der Waals surface area contributed by atoms with E-state index < -0.39 is 10.0 Å². The van der Waals surface area contributed by atoms with Crippen molar-refractivity contribution in [2.75, 3.05) is 39.5 Å². The summed E-state index contributed by atoms with van der Waals surface area (Å²) >= 11 is 0. The molecule has 1 aromatic carbocycles. The summed E-state index contributed by atoms with van der Waals surface area (Å²) in [6.07, 6.45) is 4.49. The van der Waals surface area contributed by atoms with Crippen LogP contribution in [0.3, 0.4) is 0 Å². The van der Waals surface area contributed by atoms with Crippen molar-refractivity contribution >= 4 is 40.0 Å². The molecule has 0 amide bonds. The maximum Gasteiger partial charge on any atom is 0.211 e. The van der Waals surface area contributed by atoms with Gasteiger partial charge in [0.15, 0.2) is 5.96 Å². The summed E-state index contributed by atoms with van der Waals surface area (Å²) in [6.45, 7) is 6.95. The van der Waals surface area contributed by atoms with E-state index in [2.05, 4.69) is 40.7 Å². The molecule has 7 nitrogen and oxygen atoms in total. The molecule has 0 aromatic heterocycles. The fourth-order valence-corrected chi connectivity index (χ4v) is 3.78. The van der Waals surface area contributed by atoms with Crippen LogP contribution in [0.4, 0.5) is 0 Å².